The number of ether oxygens (including phenoxy) is 1. The van der Waals surface area contributed by atoms with Gasteiger partial charge >= 0.3 is 0 Å². The fourth-order valence-electron chi connectivity index (χ4n) is 2.36. The Morgan fingerprint density at radius 3 is 2.52 bits per heavy atom. The Morgan fingerprint density at radius 1 is 1.33 bits per heavy atom. The SMILES string of the molecule is COc1c(C)cc(CC(=O)NCCCN)cc1C(C)(C)C. The lowest BCUT2D eigenvalue weighted by Crippen LogP contribution is -2.27. The molecule has 4 heteroatoms. The van der Waals surface area contributed by atoms with E-state index in [1.807, 2.05) is 13.0 Å². The highest BCUT2D eigenvalue weighted by atomic mass is 16.5. The first-order valence-corrected chi connectivity index (χ1v) is 7.44. The van der Waals surface area contributed by atoms with Gasteiger partial charge in [0.05, 0.1) is 13.5 Å². The van der Waals surface area contributed by atoms with Gasteiger partial charge in [-0.25, -0.2) is 0 Å². The first kappa shape index (κ1) is 17.5. The predicted octanol–water partition coefficient (Wildman–Crippen LogP) is 2.31. The quantitative estimate of drug-likeness (QED) is 0.791. The highest BCUT2D eigenvalue weighted by molar-refractivity contribution is 5.78. The molecule has 0 fully saturated rings. The van der Waals surface area contributed by atoms with E-state index < -0.39 is 0 Å². The molecule has 0 heterocycles. The van der Waals surface area contributed by atoms with Gasteiger partial charge in [0.2, 0.25) is 5.91 Å². The summed E-state index contributed by atoms with van der Waals surface area (Å²) in [5, 5.41) is 2.89. The lowest BCUT2D eigenvalue weighted by molar-refractivity contribution is -0.120. The molecular formula is C17H28N2O2. The maximum absolute atomic E-state index is 11.9. The maximum atomic E-state index is 11.9. The molecule has 0 radical (unpaired) electrons. The molecule has 0 aliphatic heterocycles. The second-order valence-corrected chi connectivity index (χ2v) is 6.41. The van der Waals surface area contributed by atoms with Crippen molar-refractivity contribution in [3.8, 4) is 5.75 Å². The molecule has 0 spiro atoms. The van der Waals surface area contributed by atoms with Crippen LogP contribution in [-0.4, -0.2) is 26.1 Å². The van der Waals surface area contributed by atoms with Crippen LogP contribution in [0.3, 0.4) is 0 Å². The van der Waals surface area contributed by atoms with Gasteiger partial charge in [-0.05, 0) is 36.4 Å². The van der Waals surface area contributed by atoms with Crippen LogP contribution in [0.4, 0.5) is 0 Å². The Hall–Kier alpha value is -1.55. The van der Waals surface area contributed by atoms with Gasteiger partial charge in [-0.1, -0.05) is 32.9 Å². The fourth-order valence-corrected chi connectivity index (χ4v) is 2.36. The molecule has 0 saturated heterocycles. The Balaban J connectivity index is 2.94. The highest BCUT2D eigenvalue weighted by Gasteiger charge is 2.21. The number of nitrogens with one attached hydrogen (secondary N) is 1. The van der Waals surface area contributed by atoms with Crippen molar-refractivity contribution < 1.29 is 9.53 Å². The number of carbonyl (C=O) groups is 1. The number of amides is 1. The number of hydrogen-bond acceptors (Lipinski definition) is 3. The summed E-state index contributed by atoms with van der Waals surface area (Å²) >= 11 is 0. The number of hydrogen-bond donors (Lipinski definition) is 2. The summed E-state index contributed by atoms with van der Waals surface area (Å²) < 4.78 is 5.53. The van der Waals surface area contributed by atoms with Crippen LogP contribution in [0.2, 0.25) is 0 Å². The number of nitrogens with two attached hydrogens (primary N) is 1. The molecule has 0 atom stereocenters. The van der Waals surface area contributed by atoms with E-state index in [0.29, 0.717) is 19.5 Å². The van der Waals surface area contributed by atoms with Gasteiger partial charge in [0.15, 0.2) is 0 Å². The summed E-state index contributed by atoms with van der Waals surface area (Å²) in [5.41, 5.74) is 8.61. The molecule has 0 aromatic heterocycles. The summed E-state index contributed by atoms with van der Waals surface area (Å²) in [6, 6.07) is 4.10. The molecule has 1 rings (SSSR count). The topological polar surface area (TPSA) is 64.3 Å². The van der Waals surface area contributed by atoms with Crippen molar-refractivity contribution in [3.63, 3.8) is 0 Å². The molecule has 0 bridgehead atoms. The van der Waals surface area contributed by atoms with Crippen LogP contribution < -0.4 is 15.8 Å². The molecule has 1 amide bonds. The molecule has 3 N–H and O–H groups in total. The minimum absolute atomic E-state index is 0.0257. The molecule has 1 aromatic carbocycles. The van der Waals surface area contributed by atoms with E-state index in [0.717, 1.165) is 28.9 Å². The molecule has 0 saturated carbocycles. The van der Waals surface area contributed by atoms with E-state index >= 15 is 0 Å². The van der Waals surface area contributed by atoms with Gasteiger partial charge in [-0.3, -0.25) is 4.79 Å². The summed E-state index contributed by atoms with van der Waals surface area (Å²) in [5.74, 6) is 0.947. The van der Waals surface area contributed by atoms with Gasteiger partial charge in [0.25, 0.3) is 0 Å². The minimum Gasteiger partial charge on any atom is -0.496 e. The predicted molar refractivity (Wildman–Crippen MR) is 86.8 cm³/mol. The van der Waals surface area contributed by atoms with Gasteiger partial charge < -0.3 is 15.8 Å². The summed E-state index contributed by atoms with van der Waals surface area (Å²) in [6.07, 6.45) is 1.19. The Labute approximate surface area is 128 Å². The zero-order valence-electron chi connectivity index (χ0n) is 13.9. The van der Waals surface area contributed by atoms with E-state index in [2.05, 4.69) is 32.2 Å². The van der Waals surface area contributed by atoms with Crippen molar-refractivity contribution in [1.29, 1.82) is 0 Å². The van der Waals surface area contributed by atoms with Crippen LogP contribution in [0.15, 0.2) is 12.1 Å². The van der Waals surface area contributed by atoms with E-state index in [-0.39, 0.29) is 11.3 Å². The van der Waals surface area contributed by atoms with Crippen LogP contribution in [0.25, 0.3) is 0 Å². The van der Waals surface area contributed by atoms with Crippen molar-refractivity contribution in [2.24, 2.45) is 5.73 Å². The van der Waals surface area contributed by atoms with Gasteiger partial charge in [-0.15, -0.1) is 0 Å². The van der Waals surface area contributed by atoms with E-state index in [4.69, 9.17) is 10.5 Å². The van der Waals surface area contributed by atoms with Crippen LogP contribution in [0, 0.1) is 6.92 Å². The molecule has 0 aliphatic carbocycles. The smallest absolute Gasteiger partial charge is 0.224 e. The second kappa shape index (κ2) is 7.46. The maximum Gasteiger partial charge on any atom is 0.224 e. The molecule has 4 nitrogen and oxygen atoms in total. The highest BCUT2D eigenvalue weighted by Crippen LogP contribution is 2.34. The molecule has 0 unspecified atom stereocenters. The molecule has 1 aromatic rings. The molecule has 21 heavy (non-hydrogen) atoms. The molecule has 0 aliphatic rings. The van der Waals surface area contributed by atoms with Crippen LogP contribution >= 0.6 is 0 Å². The van der Waals surface area contributed by atoms with Crippen LogP contribution in [0.1, 0.15) is 43.9 Å². The minimum atomic E-state index is -0.0257. The Kier molecular flexibility index (Phi) is 6.21. The Bertz CT molecular complexity index is 490. The van der Waals surface area contributed by atoms with Crippen molar-refractivity contribution >= 4 is 5.91 Å². The lowest BCUT2D eigenvalue weighted by Gasteiger charge is -2.24. The lowest BCUT2D eigenvalue weighted by atomic mass is 9.83. The third kappa shape index (κ3) is 5.05. The zero-order chi connectivity index (χ0) is 16.0. The van der Waals surface area contributed by atoms with Gasteiger partial charge in [-0.2, -0.15) is 0 Å². The second-order valence-electron chi connectivity index (χ2n) is 6.41. The molecule has 118 valence electrons. The molecular weight excluding hydrogens is 264 g/mol. The van der Waals surface area contributed by atoms with E-state index in [1.165, 1.54) is 0 Å². The van der Waals surface area contributed by atoms with Gasteiger partial charge in [0, 0.05) is 12.1 Å². The number of rotatable bonds is 6. The number of benzene rings is 1. The van der Waals surface area contributed by atoms with Crippen molar-refractivity contribution in [2.45, 2.75) is 46.0 Å². The number of carbonyl (C=O) groups excluding carboxylic acids is 1. The van der Waals surface area contributed by atoms with Crippen molar-refractivity contribution in [1.82, 2.24) is 5.32 Å². The zero-order valence-corrected chi connectivity index (χ0v) is 13.9. The van der Waals surface area contributed by atoms with E-state index in [1.54, 1.807) is 7.11 Å². The van der Waals surface area contributed by atoms with Crippen LogP contribution in [-0.2, 0) is 16.6 Å². The summed E-state index contributed by atoms with van der Waals surface area (Å²) in [4.78, 5) is 11.9. The van der Waals surface area contributed by atoms with Gasteiger partial charge in [0.1, 0.15) is 5.75 Å². The average molecular weight is 292 g/mol. The standard InChI is InChI=1S/C17H28N2O2/c1-12-9-13(11-15(20)19-8-6-7-18)10-14(16(12)21-5)17(2,3)4/h9-10H,6-8,11,18H2,1-5H3,(H,19,20). The fraction of sp³-hybridized carbons (Fsp3) is 0.588. The first-order chi connectivity index (χ1) is 9.79. The van der Waals surface area contributed by atoms with Crippen molar-refractivity contribution in [2.75, 3.05) is 20.2 Å². The summed E-state index contributed by atoms with van der Waals surface area (Å²) in [7, 11) is 1.69. The van der Waals surface area contributed by atoms with Crippen LogP contribution in [0.5, 0.6) is 5.75 Å². The number of methoxy groups -OCH3 is 1. The third-order valence-electron chi connectivity index (χ3n) is 3.41. The first-order valence-electron chi connectivity index (χ1n) is 7.44. The van der Waals surface area contributed by atoms with Crippen molar-refractivity contribution in [3.05, 3.63) is 28.8 Å². The Morgan fingerprint density at radius 2 is 2.00 bits per heavy atom. The van der Waals surface area contributed by atoms with E-state index in [9.17, 15) is 4.79 Å². The summed E-state index contributed by atoms with van der Waals surface area (Å²) in [6.45, 7) is 9.69. The third-order valence-corrected chi connectivity index (χ3v) is 3.41. The largest absolute Gasteiger partial charge is 0.496 e. The number of aryl methyl sites for hydroxylation is 1. The normalized spacial score (nSPS) is 11.3. The average Bonchev–Trinajstić information content (AvgIpc) is 2.37. The monoisotopic (exact) mass is 292 g/mol.